The van der Waals surface area contributed by atoms with Crippen LogP contribution in [0.3, 0.4) is 0 Å². The van der Waals surface area contributed by atoms with E-state index in [9.17, 15) is 0 Å². The van der Waals surface area contributed by atoms with Gasteiger partial charge in [-0.3, -0.25) is 4.98 Å². The standard InChI is InChI=1S/C10H8BrN.BrH/c11-6-8-1-2-10-7-12-4-3-9(10)5-8;/h1-5,7H,6H2;1H. The van der Waals surface area contributed by atoms with Crippen LogP contribution in [0, 0.1) is 0 Å². The molecule has 3 heteroatoms. The van der Waals surface area contributed by atoms with E-state index < -0.39 is 0 Å². The SMILES string of the molecule is Br.BrCc1ccc2cnccc2c1. The van der Waals surface area contributed by atoms with Crippen molar-refractivity contribution in [1.82, 2.24) is 4.98 Å². The minimum Gasteiger partial charge on any atom is -0.264 e. The molecule has 0 atom stereocenters. The zero-order chi connectivity index (χ0) is 8.39. The molecule has 0 aliphatic carbocycles. The topological polar surface area (TPSA) is 12.9 Å². The molecule has 0 aliphatic rings. The number of benzene rings is 1. The van der Waals surface area contributed by atoms with E-state index in [0.29, 0.717) is 0 Å². The van der Waals surface area contributed by atoms with Crippen molar-refractivity contribution in [2.75, 3.05) is 0 Å². The third-order valence-electron chi connectivity index (χ3n) is 1.86. The van der Waals surface area contributed by atoms with Gasteiger partial charge in [-0.25, -0.2) is 0 Å². The lowest BCUT2D eigenvalue weighted by molar-refractivity contribution is 1.36. The summed E-state index contributed by atoms with van der Waals surface area (Å²) >= 11 is 3.43. The summed E-state index contributed by atoms with van der Waals surface area (Å²) in [7, 11) is 0. The average molecular weight is 303 g/mol. The monoisotopic (exact) mass is 301 g/mol. The Hall–Kier alpha value is -0.410. The van der Waals surface area contributed by atoms with Crippen LogP contribution in [0.5, 0.6) is 0 Å². The molecule has 2 aromatic rings. The maximum absolute atomic E-state index is 4.06. The van der Waals surface area contributed by atoms with Crippen molar-refractivity contribution in [2.45, 2.75) is 5.33 Å². The summed E-state index contributed by atoms with van der Waals surface area (Å²) < 4.78 is 0. The van der Waals surface area contributed by atoms with Crippen molar-refractivity contribution in [3.63, 3.8) is 0 Å². The van der Waals surface area contributed by atoms with Crippen LogP contribution in [0.2, 0.25) is 0 Å². The number of pyridine rings is 1. The highest BCUT2D eigenvalue weighted by Gasteiger charge is 1.93. The molecule has 0 amide bonds. The van der Waals surface area contributed by atoms with Crippen LogP contribution in [0.15, 0.2) is 36.7 Å². The van der Waals surface area contributed by atoms with Gasteiger partial charge in [-0.15, -0.1) is 17.0 Å². The lowest BCUT2D eigenvalue weighted by Crippen LogP contribution is -1.79. The molecule has 0 spiro atoms. The lowest BCUT2D eigenvalue weighted by atomic mass is 10.1. The molecule has 1 heterocycles. The first kappa shape index (κ1) is 10.7. The third kappa shape index (κ3) is 2.29. The number of rotatable bonds is 1. The summed E-state index contributed by atoms with van der Waals surface area (Å²) in [6.45, 7) is 0. The van der Waals surface area contributed by atoms with Crippen molar-refractivity contribution in [3.8, 4) is 0 Å². The molecule has 0 saturated carbocycles. The van der Waals surface area contributed by atoms with Crippen LogP contribution >= 0.6 is 32.9 Å². The highest BCUT2D eigenvalue weighted by atomic mass is 79.9. The van der Waals surface area contributed by atoms with Crippen molar-refractivity contribution in [1.29, 1.82) is 0 Å². The summed E-state index contributed by atoms with van der Waals surface area (Å²) in [5.74, 6) is 0. The van der Waals surface area contributed by atoms with Crippen molar-refractivity contribution >= 4 is 43.7 Å². The van der Waals surface area contributed by atoms with Gasteiger partial charge in [0.1, 0.15) is 0 Å². The maximum atomic E-state index is 4.06. The predicted octanol–water partition coefficient (Wildman–Crippen LogP) is 3.71. The molecule has 0 fully saturated rings. The van der Waals surface area contributed by atoms with Crippen molar-refractivity contribution < 1.29 is 0 Å². The first-order valence-electron chi connectivity index (χ1n) is 3.79. The van der Waals surface area contributed by atoms with E-state index in [2.05, 4.69) is 39.1 Å². The van der Waals surface area contributed by atoms with Gasteiger partial charge in [0.2, 0.25) is 0 Å². The third-order valence-corrected chi connectivity index (χ3v) is 2.51. The molecule has 1 aromatic carbocycles. The molecule has 0 unspecified atom stereocenters. The number of aromatic nitrogens is 1. The van der Waals surface area contributed by atoms with Crippen molar-refractivity contribution in [3.05, 3.63) is 42.2 Å². The van der Waals surface area contributed by atoms with E-state index in [1.807, 2.05) is 18.5 Å². The minimum absolute atomic E-state index is 0. The van der Waals surface area contributed by atoms with Crippen LogP contribution in [-0.4, -0.2) is 4.98 Å². The second-order valence-electron chi connectivity index (χ2n) is 2.69. The van der Waals surface area contributed by atoms with E-state index in [4.69, 9.17) is 0 Å². The predicted molar refractivity (Wildman–Crippen MR) is 64.7 cm³/mol. The molecule has 1 aromatic heterocycles. The molecule has 68 valence electrons. The van der Waals surface area contributed by atoms with Gasteiger partial charge in [0.05, 0.1) is 0 Å². The molecule has 0 saturated heterocycles. The number of nitrogens with zero attached hydrogens (tertiary/aromatic N) is 1. The van der Waals surface area contributed by atoms with Crippen LogP contribution in [0.4, 0.5) is 0 Å². The molecule has 13 heavy (non-hydrogen) atoms. The molecule has 2 rings (SSSR count). The Kier molecular flexibility index (Phi) is 3.88. The fraction of sp³-hybridized carbons (Fsp3) is 0.100. The van der Waals surface area contributed by atoms with Gasteiger partial charge < -0.3 is 0 Å². The Bertz CT molecular complexity index is 401. The van der Waals surface area contributed by atoms with E-state index >= 15 is 0 Å². The van der Waals surface area contributed by atoms with Crippen LogP contribution in [0.1, 0.15) is 5.56 Å². The maximum Gasteiger partial charge on any atom is 0.0346 e. The Labute approximate surface area is 96.1 Å². The van der Waals surface area contributed by atoms with Gasteiger partial charge in [-0.2, -0.15) is 0 Å². The first-order chi connectivity index (χ1) is 5.90. The second-order valence-corrected chi connectivity index (χ2v) is 3.25. The van der Waals surface area contributed by atoms with Crippen LogP contribution in [-0.2, 0) is 5.33 Å². The average Bonchev–Trinajstić information content (AvgIpc) is 2.17. The quantitative estimate of drug-likeness (QED) is 0.732. The van der Waals surface area contributed by atoms with E-state index in [-0.39, 0.29) is 17.0 Å². The molecule has 1 nitrogen and oxygen atoms in total. The highest BCUT2D eigenvalue weighted by molar-refractivity contribution is 9.08. The van der Waals surface area contributed by atoms with Gasteiger partial charge in [-0.05, 0) is 17.0 Å². The molecular formula is C10H9Br2N. The number of fused-ring (bicyclic) bond motifs is 1. The number of halogens is 2. The van der Waals surface area contributed by atoms with Gasteiger partial charge in [0.25, 0.3) is 0 Å². The fourth-order valence-electron chi connectivity index (χ4n) is 1.22. The fourth-order valence-corrected chi connectivity index (χ4v) is 1.56. The minimum atomic E-state index is 0. The first-order valence-corrected chi connectivity index (χ1v) is 4.91. The van der Waals surface area contributed by atoms with E-state index in [0.717, 1.165) is 5.33 Å². The highest BCUT2D eigenvalue weighted by Crippen LogP contribution is 2.15. The lowest BCUT2D eigenvalue weighted by Gasteiger charge is -1.98. The zero-order valence-electron chi connectivity index (χ0n) is 6.90. The van der Waals surface area contributed by atoms with Crippen molar-refractivity contribution in [2.24, 2.45) is 0 Å². The van der Waals surface area contributed by atoms with Crippen LogP contribution in [0.25, 0.3) is 10.8 Å². The molecular weight excluding hydrogens is 294 g/mol. The zero-order valence-corrected chi connectivity index (χ0v) is 10.2. The molecule has 0 aliphatic heterocycles. The van der Waals surface area contributed by atoms with Gasteiger partial charge >= 0.3 is 0 Å². The van der Waals surface area contributed by atoms with Gasteiger partial charge in [0.15, 0.2) is 0 Å². The number of hydrogen-bond acceptors (Lipinski definition) is 1. The summed E-state index contributed by atoms with van der Waals surface area (Å²) in [5.41, 5.74) is 1.30. The molecule has 0 radical (unpaired) electrons. The van der Waals surface area contributed by atoms with Crippen LogP contribution < -0.4 is 0 Å². The van der Waals surface area contributed by atoms with Gasteiger partial charge in [0, 0.05) is 23.1 Å². The summed E-state index contributed by atoms with van der Waals surface area (Å²) in [4.78, 5) is 4.06. The summed E-state index contributed by atoms with van der Waals surface area (Å²) in [6.07, 6.45) is 3.70. The Morgan fingerprint density at radius 1 is 1.15 bits per heavy atom. The normalized spacial score (nSPS) is 9.62. The number of hydrogen-bond donors (Lipinski definition) is 0. The molecule has 0 N–H and O–H groups in total. The Balaban J connectivity index is 0.000000845. The summed E-state index contributed by atoms with van der Waals surface area (Å²) in [6, 6.07) is 8.41. The van der Waals surface area contributed by atoms with E-state index in [1.54, 1.807) is 0 Å². The molecule has 0 bridgehead atoms. The Morgan fingerprint density at radius 2 is 2.00 bits per heavy atom. The second kappa shape index (κ2) is 4.72. The van der Waals surface area contributed by atoms with Gasteiger partial charge in [-0.1, -0.05) is 34.1 Å². The number of alkyl halides is 1. The smallest absolute Gasteiger partial charge is 0.0346 e. The largest absolute Gasteiger partial charge is 0.264 e. The Morgan fingerprint density at radius 3 is 2.77 bits per heavy atom. The van der Waals surface area contributed by atoms with E-state index in [1.165, 1.54) is 16.3 Å². The summed E-state index contributed by atoms with van der Waals surface area (Å²) in [5, 5.41) is 3.36.